The first-order valence-corrected chi connectivity index (χ1v) is 11.7. The minimum absolute atomic E-state index is 0.0138. The smallest absolute Gasteiger partial charge is 0.326 e. The molecule has 13 heteroatoms. The zero-order chi connectivity index (χ0) is 27.5. The van der Waals surface area contributed by atoms with Gasteiger partial charge < -0.3 is 31.9 Å². The van der Waals surface area contributed by atoms with Gasteiger partial charge >= 0.3 is 11.9 Å². The maximum Gasteiger partial charge on any atom is 0.326 e. The van der Waals surface area contributed by atoms with E-state index in [2.05, 4.69) is 39.1 Å². The molecule has 1 atom stereocenters. The number of nitrogens with zero attached hydrogens (tertiary/aromatic N) is 5. The molecule has 1 amide bonds. The number of carboxylic acid groups (broad SMARTS) is 2. The van der Waals surface area contributed by atoms with Crippen LogP contribution in [0.4, 0.5) is 17.5 Å². The van der Waals surface area contributed by atoms with Crippen molar-refractivity contribution in [3.05, 3.63) is 41.7 Å². The quantitative estimate of drug-likeness (QED) is 0.264. The first-order valence-electron chi connectivity index (χ1n) is 11.7. The number of aliphatic carboxylic acids is 2. The Balaban J connectivity index is 0.00000112. The topological polar surface area (TPSA) is 211 Å². The van der Waals surface area contributed by atoms with E-state index in [1.807, 2.05) is 11.9 Å². The molecule has 0 aliphatic carbocycles. The second-order valence-electron chi connectivity index (χ2n) is 8.20. The van der Waals surface area contributed by atoms with Gasteiger partial charge in [0.25, 0.3) is 5.91 Å². The van der Waals surface area contributed by atoms with Crippen LogP contribution < -0.4 is 21.7 Å². The monoisotopic (exact) mass is 512 g/mol. The zero-order valence-electron chi connectivity index (χ0n) is 21.0. The summed E-state index contributed by atoms with van der Waals surface area (Å²) in [5.74, 6) is -2.91. The number of anilines is 3. The summed E-state index contributed by atoms with van der Waals surface area (Å²) in [6.45, 7) is 4.73. The summed E-state index contributed by atoms with van der Waals surface area (Å²) in [4.78, 5) is 52.7. The molecule has 0 saturated carbocycles. The molecule has 2 aromatic heterocycles. The van der Waals surface area contributed by atoms with Crippen molar-refractivity contribution < 1.29 is 24.6 Å². The van der Waals surface area contributed by atoms with Crippen molar-refractivity contribution in [2.24, 2.45) is 0 Å². The number of nitrogen functional groups attached to an aromatic ring is 2. The Kier molecular flexibility index (Phi) is 10.5. The molecule has 7 N–H and O–H groups in total. The first-order chi connectivity index (χ1) is 17.5. The summed E-state index contributed by atoms with van der Waals surface area (Å²) in [6, 6.07) is 5.16. The molecule has 1 aromatic carbocycles. The molecule has 2 heterocycles. The van der Waals surface area contributed by atoms with E-state index in [9.17, 15) is 19.5 Å². The Morgan fingerprint density at radius 3 is 2.24 bits per heavy atom. The van der Waals surface area contributed by atoms with Crippen LogP contribution in [0.1, 0.15) is 55.6 Å². The van der Waals surface area contributed by atoms with Crippen molar-refractivity contribution in [2.45, 2.75) is 52.1 Å². The van der Waals surface area contributed by atoms with Crippen molar-refractivity contribution in [3.63, 3.8) is 0 Å². The molecule has 3 aromatic rings. The summed E-state index contributed by atoms with van der Waals surface area (Å²) < 4.78 is 0. The van der Waals surface area contributed by atoms with E-state index in [-0.39, 0.29) is 30.2 Å². The molecule has 0 unspecified atom stereocenters. The highest BCUT2D eigenvalue weighted by molar-refractivity contribution is 5.97. The lowest BCUT2D eigenvalue weighted by Crippen LogP contribution is -2.41. The summed E-state index contributed by atoms with van der Waals surface area (Å²) in [6.07, 6.45) is 3.60. The standard InChI is InChI=1S/C20H22N8O5.C4H10/c1-28(9-11-8-23-17-15(24-11)16(21)26-20(22)27-17)12-4-2-10(3-5-12)18(31)25-13(19(32)33)6-7-14(29)30;1-3-4-2/h2-5,8,13H,6-7,9H2,1H3,(H,25,31)(H,29,30)(H,32,33)(H4,21,22,23,26,27);3-4H2,1-2H3/t13-;/m0./s1. The second kappa shape index (κ2) is 13.5. The number of nitrogens with one attached hydrogen (secondary N) is 1. The third-order valence-corrected chi connectivity index (χ3v) is 5.22. The number of nitrogens with two attached hydrogens (primary N) is 2. The number of carbonyl (C=O) groups excluding carboxylic acids is 1. The van der Waals surface area contributed by atoms with Gasteiger partial charge in [0.1, 0.15) is 6.04 Å². The lowest BCUT2D eigenvalue weighted by molar-refractivity contribution is -0.140. The molecule has 0 saturated heterocycles. The second-order valence-corrected chi connectivity index (χ2v) is 8.20. The number of hydrogen-bond donors (Lipinski definition) is 5. The van der Waals surface area contributed by atoms with Crippen LogP contribution in [0.2, 0.25) is 0 Å². The normalized spacial score (nSPS) is 11.2. The van der Waals surface area contributed by atoms with Crippen LogP contribution in [0.15, 0.2) is 30.5 Å². The molecule has 0 fully saturated rings. The van der Waals surface area contributed by atoms with Crippen LogP contribution in [0, 0.1) is 0 Å². The molecule has 0 aliphatic rings. The molecule has 0 bridgehead atoms. The van der Waals surface area contributed by atoms with Gasteiger partial charge in [-0.3, -0.25) is 9.59 Å². The molecule has 13 nitrogen and oxygen atoms in total. The van der Waals surface area contributed by atoms with Crippen LogP contribution in [0.3, 0.4) is 0 Å². The number of fused-ring (bicyclic) bond motifs is 1. The van der Waals surface area contributed by atoms with Gasteiger partial charge in [0.15, 0.2) is 17.0 Å². The maximum absolute atomic E-state index is 12.4. The number of rotatable bonds is 10. The molecule has 0 spiro atoms. The Hall–Kier alpha value is -4.55. The van der Waals surface area contributed by atoms with Gasteiger partial charge in [0.05, 0.1) is 18.4 Å². The predicted molar refractivity (Wildman–Crippen MR) is 139 cm³/mol. The Labute approximate surface area is 213 Å². The number of unbranched alkanes of at least 4 members (excludes halogenated alkanes) is 1. The Morgan fingerprint density at radius 2 is 1.68 bits per heavy atom. The molecular weight excluding hydrogens is 480 g/mol. The summed E-state index contributed by atoms with van der Waals surface area (Å²) in [5, 5.41) is 20.2. The van der Waals surface area contributed by atoms with Gasteiger partial charge in [-0.1, -0.05) is 26.7 Å². The van der Waals surface area contributed by atoms with Gasteiger partial charge in [-0.05, 0) is 30.7 Å². The Bertz CT molecular complexity index is 1230. The molecule has 0 aliphatic heterocycles. The Morgan fingerprint density at radius 1 is 1.03 bits per heavy atom. The molecule has 198 valence electrons. The maximum atomic E-state index is 12.4. The predicted octanol–water partition coefficient (Wildman–Crippen LogP) is 2.07. The van der Waals surface area contributed by atoms with Crippen LogP contribution in [-0.4, -0.2) is 61.1 Å². The lowest BCUT2D eigenvalue weighted by atomic mass is 10.1. The number of benzene rings is 1. The fraction of sp³-hybridized carbons (Fsp3) is 0.375. The fourth-order valence-corrected chi connectivity index (χ4v) is 3.03. The van der Waals surface area contributed by atoms with Crippen molar-refractivity contribution >= 4 is 46.5 Å². The average molecular weight is 513 g/mol. The molecular formula is C24H32N8O5. The van der Waals surface area contributed by atoms with Gasteiger partial charge in [-0.25, -0.2) is 14.8 Å². The average Bonchev–Trinajstić information content (AvgIpc) is 2.86. The van der Waals surface area contributed by atoms with Crippen molar-refractivity contribution in [1.29, 1.82) is 0 Å². The van der Waals surface area contributed by atoms with E-state index >= 15 is 0 Å². The van der Waals surface area contributed by atoms with E-state index in [4.69, 9.17) is 16.6 Å². The number of aromatic nitrogens is 4. The summed E-state index contributed by atoms with van der Waals surface area (Å²) in [5.41, 5.74) is 13.7. The largest absolute Gasteiger partial charge is 0.481 e. The summed E-state index contributed by atoms with van der Waals surface area (Å²) in [7, 11) is 1.82. The first kappa shape index (κ1) is 28.7. The third kappa shape index (κ3) is 8.56. The van der Waals surface area contributed by atoms with Gasteiger partial charge in [-0.15, -0.1) is 0 Å². The van der Waals surface area contributed by atoms with E-state index in [0.717, 1.165) is 5.69 Å². The fourth-order valence-electron chi connectivity index (χ4n) is 3.03. The highest BCUT2D eigenvalue weighted by atomic mass is 16.4. The highest BCUT2D eigenvalue weighted by Crippen LogP contribution is 2.19. The number of amides is 1. The van der Waals surface area contributed by atoms with Crippen molar-refractivity contribution in [3.8, 4) is 0 Å². The van der Waals surface area contributed by atoms with Crippen LogP contribution >= 0.6 is 0 Å². The minimum atomic E-state index is -1.30. The van der Waals surface area contributed by atoms with E-state index in [1.165, 1.54) is 25.0 Å². The van der Waals surface area contributed by atoms with E-state index in [0.29, 0.717) is 23.4 Å². The number of carboxylic acids is 2. The highest BCUT2D eigenvalue weighted by Gasteiger charge is 2.21. The molecule has 3 rings (SSSR count). The van der Waals surface area contributed by atoms with Gasteiger partial charge in [0.2, 0.25) is 5.95 Å². The number of hydrogen-bond acceptors (Lipinski definition) is 10. The van der Waals surface area contributed by atoms with E-state index < -0.39 is 23.9 Å². The SMILES string of the molecule is CCCC.CN(Cc1cnc2nc(N)nc(N)c2n1)c1ccc(C(=O)N[C@@H](CCC(=O)O)C(=O)O)cc1. The lowest BCUT2D eigenvalue weighted by Gasteiger charge is -2.19. The summed E-state index contributed by atoms with van der Waals surface area (Å²) >= 11 is 0. The third-order valence-electron chi connectivity index (χ3n) is 5.22. The van der Waals surface area contributed by atoms with Crippen LogP contribution in [0.5, 0.6) is 0 Å². The number of carbonyl (C=O) groups is 3. The van der Waals surface area contributed by atoms with Crippen LogP contribution in [-0.2, 0) is 16.1 Å². The molecule has 0 radical (unpaired) electrons. The van der Waals surface area contributed by atoms with E-state index in [1.54, 1.807) is 18.3 Å². The van der Waals surface area contributed by atoms with Crippen molar-refractivity contribution in [1.82, 2.24) is 25.3 Å². The van der Waals surface area contributed by atoms with Crippen LogP contribution in [0.25, 0.3) is 11.2 Å². The van der Waals surface area contributed by atoms with Gasteiger partial charge in [-0.2, -0.15) is 9.97 Å². The zero-order valence-corrected chi connectivity index (χ0v) is 21.0. The van der Waals surface area contributed by atoms with Gasteiger partial charge in [0, 0.05) is 24.7 Å². The molecule has 37 heavy (non-hydrogen) atoms. The van der Waals surface area contributed by atoms with Crippen molar-refractivity contribution in [2.75, 3.05) is 23.4 Å². The minimum Gasteiger partial charge on any atom is -0.481 e.